The van der Waals surface area contributed by atoms with Gasteiger partial charge in [-0.3, -0.25) is 19.3 Å². The third kappa shape index (κ3) is 3.79. The van der Waals surface area contributed by atoms with E-state index in [1.54, 1.807) is 18.2 Å². The lowest BCUT2D eigenvalue weighted by atomic mass is 10.1. The number of aryl methyl sites for hydroxylation is 1. The van der Waals surface area contributed by atoms with Crippen molar-refractivity contribution in [3.05, 3.63) is 23.8 Å². The number of nitrogens with two attached hydrogens (primary N) is 1. The Morgan fingerprint density at radius 1 is 1.33 bits per heavy atom. The minimum Gasteiger partial charge on any atom is -0.399 e. The second kappa shape index (κ2) is 6.36. The van der Waals surface area contributed by atoms with E-state index in [0.717, 1.165) is 10.5 Å². The van der Waals surface area contributed by atoms with E-state index in [4.69, 9.17) is 10.5 Å². The summed E-state index contributed by atoms with van der Waals surface area (Å²) in [5.41, 5.74) is 7.77. The number of nitrogens with one attached hydrogen (secondary N) is 1. The van der Waals surface area contributed by atoms with Crippen molar-refractivity contribution >= 4 is 29.1 Å². The highest BCUT2D eigenvalue weighted by Gasteiger charge is 2.26. The van der Waals surface area contributed by atoms with E-state index in [2.05, 4.69) is 5.32 Å². The van der Waals surface area contributed by atoms with Gasteiger partial charge in [0, 0.05) is 24.3 Å². The van der Waals surface area contributed by atoms with E-state index in [1.807, 2.05) is 6.92 Å². The summed E-state index contributed by atoms with van der Waals surface area (Å²) in [6, 6.07) is 5.16. The first kappa shape index (κ1) is 15.0. The highest BCUT2D eigenvalue weighted by atomic mass is 16.5. The van der Waals surface area contributed by atoms with E-state index in [-0.39, 0.29) is 32.1 Å². The molecule has 1 fully saturated rings. The van der Waals surface area contributed by atoms with Crippen molar-refractivity contribution in [2.75, 3.05) is 30.8 Å². The van der Waals surface area contributed by atoms with Gasteiger partial charge < -0.3 is 15.8 Å². The molecule has 0 saturated carbocycles. The molecule has 1 heterocycles. The number of anilines is 2. The number of ether oxygens (including phenoxy) is 1. The van der Waals surface area contributed by atoms with Crippen molar-refractivity contribution in [1.82, 2.24) is 4.90 Å². The lowest BCUT2D eigenvalue weighted by Crippen LogP contribution is -2.47. The van der Waals surface area contributed by atoms with E-state index in [0.29, 0.717) is 11.4 Å². The summed E-state index contributed by atoms with van der Waals surface area (Å²) in [7, 11) is 0. The van der Waals surface area contributed by atoms with Crippen LogP contribution in [-0.2, 0) is 19.1 Å². The normalized spacial score (nSPS) is 15.2. The average molecular weight is 291 g/mol. The van der Waals surface area contributed by atoms with Gasteiger partial charge in [-0.1, -0.05) is 0 Å². The van der Waals surface area contributed by atoms with Crippen LogP contribution in [0.25, 0.3) is 0 Å². The number of carbonyl (C=O) groups excluding carboxylic acids is 3. The van der Waals surface area contributed by atoms with Crippen molar-refractivity contribution in [3.8, 4) is 0 Å². The monoisotopic (exact) mass is 291 g/mol. The van der Waals surface area contributed by atoms with Gasteiger partial charge in [0.1, 0.15) is 13.2 Å². The number of morpholine rings is 1. The van der Waals surface area contributed by atoms with Crippen LogP contribution in [0.4, 0.5) is 11.4 Å². The molecule has 3 N–H and O–H groups in total. The molecule has 2 rings (SSSR count). The van der Waals surface area contributed by atoms with Crippen molar-refractivity contribution in [2.24, 2.45) is 0 Å². The van der Waals surface area contributed by atoms with Gasteiger partial charge in [-0.25, -0.2) is 0 Å². The fourth-order valence-electron chi connectivity index (χ4n) is 2.02. The second-order valence-electron chi connectivity index (χ2n) is 4.80. The zero-order chi connectivity index (χ0) is 15.4. The summed E-state index contributed by atoms with van der Waals surface area (Å²) < 4.78 is 4.80. The SMILES string of the molecule is Cc1cc(N)ccc1NC(=O)CCN1C(=O)COCC1=O. The molecule has 0 spiro atoms. The molecule has 1 aliphatic heterocycles. The van der Waals surface area contributed by atoms with E-state index < -0.39 is 11.8 Å². The molecule has 0 radical (unpaired) electrons. The molecule has 0 unspecified atom stereocenters. The van der Waals surface area contributed by atoms with Crippen molar-refractivity contribution in [3.63, 3.8) is 0 Å². The third-order valence-electron chi connectivity index (χ3n) is 3.14. The number of carbonyl (C=O) groups is 3. The van der Waals surface area contributed by atoms with Crippen LogP contribution in [0.15, 0.2) is 18.2 Å². The van der Waals surface area contributed by atoms with Crippen LogP contribution in [0.2, 0.25) is 0 Å². The first-order valence-electron chi connectivity index (χ1n) is 6.54. The smallest absolute Gasteiger partial charge is 0.255 e. The Labute approximate surface area is 122 Å². The van der Waals surface area contributed by atoms with Crippen LogP contribution >= 0.6 is 0 Å². The Hall–Kier alpha value is -2.41. The maximum atomic E-state index is 11.9. The van der Waals surface area contributed by atoms with Crippen LogP contribution in [0.1, 0.15) is 12.0 Å². The van der Waals surface area contributed by atoms with E-state index >= 15 is 0 Å². The molecule has 1 aliphatic rings. The van der Waals surface area contributed by atoms with Crippen LogP contribution in [0, 0.1) is 6.92 Å². The second-order valence-corrected chi connectivity index (χ2v) is 4.80. The number of rotatable bonds is 4. The summed E-state index contributed by atoms with van der Waals surface area (Å²) in [4.78, 5) is 35.9. The number of benzene rings is 1. The zero-order valence-electron chi connectivity index (χ0n) is 11.7. The zero-order valence-corrected chi connectivity index (χ0v) is 11.7. The highest BCUT2D eigenvalue weighted by Crippen LogP contribution is 2.17. The fourth-order valence-corrected chi connectivity index (χ4v) is 2.02. The van der Waals surface area contributed by atoms with Gasteiger partial charge in [-0.15, -0.1) is 0 Å². The standard InChI is InChI=1S/C14H17N3O4/c1-9-6-10(15)2-3-11(9)16-12(18)4-5-17-13(19)7-21-8-14(17)20/h2-3,6H,4-5,7-8,15H2,1H3,(H,16,18). The first-order chi connectivity index (χ1) is 9.97. The maximum absolute atomic E-state index is 11.9. The lowest BCUT2D eigenvalue weighted by Gasteiger charge is -2.24. The predicted octanol–water partition coefficient (Wildman–Crippen LogP) is 0.291. The summed E-state index contributed by atoms with van der Waals surface area (Å²) in [5.74, 6) is -1.10. The molecule has 7 nitrogen and oxygen atoms in total. The number of amides is 3. The van der Waals surface area contributed by atoms with Gasteiger partial charge in [0.15, 0.2) is 0 Å². The molecule has 0 atom stereocenters. The third-order valence-corrected chi connectivity index (χ3v) is 3.14. The molecule has 1 saturated heterocycles. The van der Waals surface area contributed by atoms with Crippen LogP contribution in [0.5, 0.6) is 0 Å². The van der Waals surface area contributed by atoms with Crippen molar-refractivity contribution < 1.29 is 19.1 Å². The lowest BCUT2D eigenvalue weighted by molar-refractivity contribution is -0.158. The van der Waals surface area contributed by atoms with Gasteiger partial charge in [0.05, 0.1) is 0 Å². The molecule has 7 heteroatoms. The topological polar surface area (TPSA) is 102 Å². The Bertz CT molecular complexity index is 570. The molecule has 112 valence electrons. The number of hydrogen-bond acceptors (Lipinski definition) is 5. The summed E-state index contributed by atoms with van der Waals surface area (Å²) in [5, 5.41) is 2.73. The van der Waals surface area contributed by atoms with Crippen molar-refractivity contribution in [2.45, 2.75) is 13.3 Å². The average Bonchev–Trinajstić information content (AvgIpc) is 2.41. The molecule has 3 amide bonds. The van der Waals surface area contributed by atoms with Gasteiger partial charge in [0.25, 0.3) is 11.8 Å². The van der Waals surface area contributed by atoms with Gasteiger partial charge >= 0.3 is 0 Å². The Morgan fingerprint density at radius 3 is 2.62 bits per heavy atom. The fraction of sp³-hybridized carbons (Fsp3) is 0.357. The molecule has 21 heavy (non-hydrogen) atoms. The Morgan fingerprint density at radius 2 is 2.00 bits per heavy atom. The minimum atomic E-state index is -0.414. The number of nitrogen functional groups attached to an aromatic ring is 1. The molecule has 1 aromatic carbocycles. The van der Waals surface area contributed by atoms with E-state index in [9.17, 15) is 14.4 Å². The Kier molecular flexibility index (Phi) is 4.54. The van der Waals surface area contributed by atoms with Gasteiger partial charge in [-0.2, -0.15) is 0 Å². The number of imide groups is 1. The first-order valence-corrected chi connectivity index (χ1v) is 6.54. The van der Waals surface area contributed by atoms with Crippen molar-refractivity contribution in [1.29, 1.82) is 0 Å². The molecular formula is C14H17N3O4. The summed E-state index contributed by atoms with van der Waals surface area (Å²) >= 11 is 0. The van der Waals surface area contributed by atoms with Crippen LogP contribution < -0.4 is 11.1 Å². The molecule has 0 aliphatic carbocycles. The molecule has 1 aromatic rings. The molecular weight excluding hydrogens is 274 g/mol. The Balaban J connectivity index is 1.90. The predicted molar refractivity (Wildman–Crippen MR) is 76.4 cm³/mol. The molecule has 0 aromatic heterocycles. The summed E-state index contributed by atoms with van der Waals surface area (Å²) in [6.45, 7) is 1.65. The maximum Gasteiger partial charge on any atom is 0.255 e. The van der Waals surface area contributed by atoms with Gasteiger partial charge in [0.2, 0.25) is 5.91 Å². The number of hydrogen-bond donors (Lipinski definition) is 2. The van der Waals surface area contributed by atoms with Crippen LogP contribution in [-0.4, -0.2) is 42.4 Å². The minimum absolute atomic E-state index is 0.0430. The molecule has 0 bridgehead atoms. The van der Waals surface area contributed by atoms with Gasteiger partial charge in [-0.05, 0) is 30.7 Å². The quantitative estimate of drug-likeness (QED) is 0.613. The number of nitrogens with zero attached hydrogens (tertiary/aromatic N) is 1. The summed E-state index contributed by atoms with van der Waals surface area (Å²) in [6.07, 6.45) is 0.0430. The largest absolute Gasteiger partial charge is 0.399 e. The van der Waals surface area contributed by atoms with Crippen LogP contribution in [0.3, 0.4) is 0 Å². The highest BCUT2D eigenvalue weighted by molar-refractivity contribution is 5.99. The van der Waals surface area contributed by atoms with E-state index in [1.165, 1.54) is 0 Å².